The van der Waals surface area contributed by atoms with Crippen molar-refractivity contribution in [3.63, 3.8) is 0 Å². The predicted octanol–water partition coefficient (Wildman–Crippen LogP) is 5.48. The van der Waals surface area contributed by atoms with Crippen LogP contribution in [0.25, 0.3) is 11.1 Å². The van der Waals surface area contributed by atoms with Gasteiger partial charge in [-0.05, 0) is 63.6 Å². The molecule has 2 heterocycles. The van der Waals surface area contributed by atoms with Gasteiger partial charge in [0.15, 0.2) is 6.29 Å². The minimum Gasteiger partial charge on any atom is -0.383 e. The third-order valence-corrected chi connectivity index (χ3v) is 5.32. The molecule has 2 aromatic heterocycles. The topological polar surface area (TPSA) is 130 Å². The van der Waals surface area contributed by atoms with E-state index in [0.717, 1.165) is 29.5 Å². The van der Waals surface area contributed by atoms with E-state index < -0.39 is 0 Å². The summed E-state index contributed by atoms with van der Waals surface area (Å²) < 4.78 is 0. The van der Waals surface area contributed by atoms with Gasteiger partial charge in [-0.15, -0.1) is 0 Å². The highest BCUT2D eigenvalue weighted by atomic mass is 16.1. The highest BCUT2D eigenvalue weighted by Crippen LogP contribution is 2.24. The van der Waals surface area contributed by atoms with Crippen molar-refractivity contribution in [2.24, 2.45) is 0 Å². The molecule has 0 aliphatic heterocycles. The summed E-state index contributed by atoms with van der Waals surface area (Å²) in [5, 5.41) is 15.0. The van der Waals surface area contributed by atoms with E-state index in [2.05, 4.69) is 32.2 Å². The van der Waals surface area contributed by atoms with Gasteiger partial charge in [0, 0.05) is 18.3 Å². The van der Waals surface area contributed by atoms with Gasteiger partial charge in [0.25, 0.3) is 0 Å². The van der Waals surface area contributed by atoms with E-state index in [0.29, 0.717) is 22.6 Å². The number of likely N-dealkylation sites (N-methyl/N-ethyl adjacent to an activating group) is 1. The summed E-state index contributed by atoms with van der Waals surface area (Å²) in [5.41, 5.74) is 10.9. The Balaban J connectivity index is 0.000000304. The monoisotopic (exact) mass is 511 g/mol. The number of carbonyl (C=O) groups is 1. The molecule has 0 aliphatic carbocycles. The van der Waals surface area contributed by atoms with Gasteiger partial charge in [-0.25, -0.2) is 9.97 Å². The lowest BCUT2D eigenvalue weighted by molar-refractivity contribution is 0.111. The van der Waals surface area contributed by atoms with Crippen LogP contribution in [-0.4, -0.2) is 46.1 Å². The molecule has 8 nitrogen and oxygen atoms in total. The molecule has 0 spiro atoms. The summed E-state index contributed by atoms with van der Waals surface area (Å²) in [6, 6.07) is 13.6. The van der Waals surface area contributed by atoms with Gasteiger partial charge >= 0.3 is 0 Å². The zero-order valence-electron chi connectivity index (χ0n) is 22.7. The second-order valence-electron chi connectivity index (χ2n) is 9.42. The summed E-state index contributed by atoms with van der Waals surface area (Å²) in [6.07, 6.45) is 9.22. The van der Waals surface area contributed by atoms with Gasteiger partial charge in [0.05, 0.1) is 11.3 Å². The molecule has 0 atom stereocenters. The lowest BCUT2D eigenvalue weighted by Gasteiger charge is -2.28. The average molecular weight is 512 g/mol. The summed E-state index contributed by atoms with van der Waals surface area (Å²) in [4.78, 5) is 22.8. The fourth-order valence-corrected chi connectivity index (χ4v) is 3.52. The van der Waals surface area contributed by atoms with Crippen LogP contribution in [0.5, 0.6) is 0 Å². The molecule has 198 valence electrons. The van der Waals surface area contributed by atoms with Crippen molar-refractivity contribution < 1.29 is 4.79 Å². The second-order valence-corrected chi connectivity index (χ2v) is 9.42. The van der Waals surface area contributed by atoms with E-state index >= 15 is 0 Å². The quantitative estimate of drug-likeness (QED) is 0.161. The number of hydrogen-bond acceptors (Lipinski definition) is 8. The van der Waals surface area contributed by atoms with E-state index in [4.69, 9.17) is 11.1 Å². The van der Waals surface area contributed by atoms with Crippen molar-refractivity contribution in [1.82, 2.24) is 20.3 Å². The molecule has 3 aromatic rings. The van der Waals surface area contributed by atoms with Crippen LogP contribution in [0, 0.1) is 5.41 Å². The zero-order chi connectivity index (χ0) is 28.1. The molecule has 0 fully saturated rings. The Bertz CT molecular complexity index is 1310. The number of nitrogen functional groups attached to an aromatic ring is 1. The number of carbonyl (C=O) groups excluding carboxylic acids is 1. The maximum Gasteiger partial charge on any atom is 0.168 e. The Labute approximate surface area is 225 Å². The molecule has 0 unspecified atom stereocenters. The van der Waals surface area contributed by atoms with Gasteiger partial charge in [-0.2, -0.15) is 0 Å². The fraction of sp³-hybridized carbons (Fsp3) is 0.233. The number of hydrogen-bond donors (Lipinski definition) is 4. The number of anilines is 2. The van der Waals surface area contributed by atoms with Gasteiger partial charge in [0.1, 0.15) is 23.7 Å². The first-order chi connectivity index (χ1) is 18.1. The van der Waals surface area contributed by atoms with Gasteiger partial charge < -0.3 is 16.4 Å². The highest BCUT2D eigenvalue weighted by molar-refractivity contribution is 6.17. The molecule has 5 N–H and O–H groups in total. The normalized spacial score (nSPS) is 11.0. The van der Waals surface area contributed by atoms with Crippen LogP contribution >= 0.6 is 0 Å². The lowest BCUT2D eigenvalue weighted by Crippen LogP contribution is -2.41. The molecule has 0 radical (unpaired) electrons. The first kappa shape index (κ1) is 29.8. The molecule has 1 aromatic carbocycles. The number of nitrogens with two attached hydrogens (primary N) is 1. The van der Waals surface area contributed by atoms with Crippen LogP contribution in [-0.2, 0) is 0 Å². The van der Waals surface area contributed by atoms with E-state index in [1.165, 1.54) is 6.33 Å². The minimum atomic E-state index is -0.261. The number of pyridine rings is 1. The van der Waals surface area contributed by atoms with Crippen LogP contribution in [0.2, 0.25) is 0 Å². The molecule has 0 amide bonds. The molecule has 3 rings (SSSR count). The predicted molar refractivity (Wildman–Crippen MR) is 158 cm³/mol. The Morgan fingerprint density at radius 2 is 1.79 bits per heavy atom. The van der Waals surface area contributed by atoms with Gasteiger partial charge in [-0.1, -0.05) is 60.7 Å². The molecular formula is C30H37N7O. The zero-order valence-corrected chi connectivity index (χ0v) is 22.7. The average Bonchev–Trinajstić information content (AvgIpc) is 2.89. The smallest absolute Gasteiger partial charge is 0.168 e. The number of nitrogens with one attached hydrogen (secondary N) is 3. The Morgan fingerprint density at radius 1 is 1.08 bits per heavy atom. The van der Waals surface area contributed by atoms with Crippen LogP contribution in [0.4, 0.5) is 11.6 Å². The molecule has 0 aliphatic rings. The number of benzene rings is 1. The largest absolute Gasteiger partial charge is 0.383 e. The summed E-state index contributed by atoms with van der Waals surface area (Å²) in [6.45, 7) is 12.6. The Kier molecular flexibility index (Phi) is 11.2. The molecular weight excluding hydrogens is 474 g/mol. The van der Waals surface area contributed by atoms with Crippen molar-refractivity contribution >= 4 is 23.6 Å². The van der Waals surface area contributed by atoms with Crippen molar-refractivity contribution in [3.05, 3.63) is 102 Å². The maximum atomic E-state index is 10.5. The second kappa shape index (κ2) is 14.3. The van der Waals surface area contributed by atoms with Crippen molar-refractivity contribution in [2.75, 3.05) is 24.6 Å². The van der Waals surface area contributed by atoms with Crippen molar-refractivity contribution in [3.8, 4) is 11.1 Å². The van der Waals surface area contributed by atoms with E-state index in [9.17, 15) is 4.79 Å². The number of allylic oxidation sites excluding steroid dienone is 5. The minimum absolute atomic E-state index is 0.239. The van der Waals surface area contributed by atoms with Crippen molar-refractivity contribution in [2.45, 2.75) is 33.2 Å². The Morgan fingerprint density at radius 3 is 2.39 bits per heavy atom. The molecule has 8 heteroatoms. The third kappa shape index (κ3) is 8.90. The van der Waals surface area contributed by atoms with Crippen LogP contribution < -0.4 is 16.4 Å². The van der Waals surface area contributed by atoms with E-state index in [-0.39, 0.29) is 17.1 Å². The van der Waals surface area contributed by atoms with Gasteiger partial charge in [0.2, 0.25) is 0 Å². The third-order valence-electron chi connectivity index (χ3n) is 5.32. The van der Waals surface area contributed by atoms with Crippen LogP contribution in [0.3, 0.4) is 0 Å². The number of aldehydes is 1. The Hall–Kier alpha value is -4.43. The maximum absolute atomic E-state index is 10.5. The number of aromatic nitrogens is 3. The molecule has 0 saturated heterocycles. The van der Waals surface area contributed by atoms with Crippen molar-refractivity contribution in [1.29, 1.82) is 5.41 Å². The van der Waals surface area contributed by atoms with E-state index in [1.807, 2.05) is 83.3 Å². The number of rotatable bonds is 10. The van der Waals surface area contributed by atoms with Crippen LogP contribution in [0.1, 0.15) is 43.7 Å². The standard InChI is InChI=1S/C18H28N6.C12H9NO/c1-7-13(9-8-12(2)3)15(19)14-16(20)22-11-23-17(14)24-18(4,5)10-21-6;14-9-12-8-11(6-7-13-12)10-4-2-1-3-5-10/h7-9,11,19,21H,1,10H2,2-6H3,(H3,20,22,23,24);1-9H/b13-9+,19-15?;. The SMILES string of the molecule is C=C/C(=C\C=C(C)C)C(=N)c1c(N)ncnc1NC(C)(C)CNC.O=Cc1cc(-c2ccccc2)ccn1. The molecule has 38 heavy (non-hydrogen) atoms. The first-order valence-electron chi connectivity index (χ1n) is 12.2. The lowest BCUT2D eigenvalue weighted by atomic mass is 10.0. The van der Waals surface area contributed by atoms with Gasteiger partial charge in [-0.3, -0.25) is 15.2 Å². The van der Waals surface area contributed by atoms with Crippen LogP contribution in [0.15, 0.2) is 90.9 Å². The van der Waals surface area contributed by atoms with E-state index in [1.54, 1.807) is 18.3 Å². The summed E-state index contributed by atoms with van der Waals surface area (Å²) in [5.74, 6) is 0.806. The summed E-state index contributed by atoms with van der Waals surface area (Å²) in [7, 11) is 1.89. The molecule has 0 saturated carbocycles. The molecule has 0 bridgehead atoms. The fourth-order valence-electron chi connectivity index (χ4n) is 3.52. The first-order valence-corrected chi connectivity index (χ1v) is 12.2. The number of nitrogens with zero attached hydrogens (tertiary/aromatic N) is 3. The highest BCUT2D eigenvalue weighted by Gasteiger charge is 2.22. The summed E-state index contributed by atoms with van der Waals surface area (Å²) >= 11 is 0.